The van der Waals surface area contributed by atoms with Crippen LogP contribution in [0.4, 0.5) is 0 Å². The third-order valence-corrected chi connectivity index (χ3v) is 28.5. The van der Waals surface area contributed by atoms with E-state index in [2.05, 4.69) is 47.4 Å². The van der Waals surface area contributed by atoms with E-state index < -0.39 is 369 Å². The molecule has 7 rings (SSSR count). The smallest absolute Gasteiger partial charge is 0.364 e. The summed E-state index contributed by atoms with van der Waals surface area (Å²) in [6, 6.07) is -9.64. The number of carbonyl (C=O) groups is 8. The van der Waals surface area contributed by atoms with Gasteiger partial charge in [0.1, 0.15) is 159 Å². The Morgan fingerprint density at radius 2 is 0.700 bits per heavy atom. The summed E-state index contributed by atoms with van der Waals surface area (Å²) >= 11 is 0. The van der Waals surface area contributed by atoms with E-state index in [4.69, 9.17) is 66.3 Å². The first-order chi connectivity index (χ1) is 71.1. The molecule has 0 aliphatic carbocycles. The van der Waals surface area contributed by atoms with E-state index in [0.29, 0.717) is 18.8 Å². The highest BCUT2D eigenvalue weighted by molar-refractivity contribution is 5.79. The molecule has 53 heteroatoms. The average Bonchev–Trinajstić information content (AvgIpc) is 0.739. The molecule has 7 fully saturated rings. The lowest BCUT2D eigenvalue weighted by Crippen LogP contribution is -2.73. The first kappa shape index (κ1) is 131. The molecule has 0 saturated carbocycles. The highest BCUT2D eigenvalue weighted by Gasteiger charge is 2.67. The molecule has 150 heavy (non-hydrogen) atoms. The van der Waals surface area contributed by atoms with Crippen LogP contribution in [0, 0.1) is 5.92 Å². The molecule has 41 atom stereocenters. The number of amides is 5. The minimum atomic E-state index is -3.68. The Hall–Kier alpha value is -5.72. The summed E-state index contributed by atoms with van der Waals surface area (Å²) in [7, 11) is 0. The normalized spacial score (nSPS) is 35.2. The molecule has 0 spiro atoms. The van der Waals surface area contributed by atoms with Gasteiger partial charge in [-0.2, -0.15) is 0 Å². The van der Waals surface area contributed by atoms with Crippen molar-refractivity contribution in [3.8, 4) is 0 Å². The molecule has 872 valence electrons. The Balaban J connectivity index is 1.14. The molecule has 7 aliphatic rings. The van der Waals surface area contributed by atoms with E-state index >= 15 is 0 Å². The van der Waals surface area contributed by atoms with Crippen LogP contribution in [0.25, 0.3) is 0 Å². The van der Waals surface area contributed by atoms with Gasteiger partial charge >= 0.3 is 17.9 Å². The Bertz CT molecular complexity index is 3960. The van der Waals surface area contributed by atoms with Crippen LogP contribution in [0.2, 0.25) is 0 Å². The van der Waals surface area contributed by atoms with Crippen LogP contribution in [-0.4, -0.2) is 483 Å². The zero-order valence-corrected chi connectivity index (χ0v) is 86.4. The van der Waals surface area contributed by atoms with Gasteiger partial charge in [-0.15, -0.1) is 0 Å². The Kier molecular flexibility index (Phi) is 56.3. The maximum atomic E-state index is 14.3. The Morgan fingerprint density at radius 3 is 1.10 bits per heavy atom. The van der Waals surface area contributed by atoms with Crippen LogP contribution in [0.15, 0.2) is 0 Å². The monoisotopic (exact) mass is 2170 g/mol. The maximum absolute atomic E-state index is 14.3. The molecule has 0 radical (unpaired) electrons. The number of carboxylic acids is 3. The Morgan fingerprint density at radius 1 is 0.353 bits per heavy atom. The molecule has 41 unspecified atom stereocenters. The number of carboxylic acid groups (broad SMARTS) is 3. The standard InChI is InChI=1S/C97H171N5O48/c1-8-9-10-11-12-13-14-15-16-17-18-19-20-24-27-30-33-36-65(120)102-53(70(121)54(114)35-32-29-26-23-21-22-25-28-31-34-48(2)3)47-137-89-77(128)76(127)80(63(45-108)141-89)143-91-78(129)86(75(126)62(44-107)140-91)144-88-69(101-52(7)113)85(74(125)60(42-105)138-88)149-96(93(133)134)38-57(117)68(100-51(6)112)84(148-96)73(124)61(43-106)139-90-79(130)87(150-97(94(135)136)39-56(116)67(99-50(5)111)83(147-97)72(123)59(119)41-104)81(64(46-109)142-90)145-95(92(131)132)37-55(115)66(98-49(4)110)82(146-95)71(122)58(118)40-103/h48,53-64,66-91,103-109,114-119,121-130H,8-47H2,1-7H3,(H,98,110)(H,99,111)(H,100,112)(H,101,113)(H,102,120)(H,131,132)(H,133,134)(H,135,136). The lowest BCUT2D eigenvalue weighted by molar-refractivity contribution is -0.404. The predicted octanol–water partition coefficient (Wildman–Crippen LogP) is -6.86. The van der Waals surface area contributed by atoms with E-state index in [0.717, 1.165) is 105 Å². The SMILES string of the molecule is CCCCCCCCCCCCCCCCCCCC(=O)NC(COC1OC(CO)C(OC2OC(CO)C(O)C(OC3OC(CO)C(O)C(OC4(C(=O)O)CC(O)C(NC(C)=O)C(C(O)C(CO)OC5OC(CO)C(OC6(C(=O)O)CC(O)C(NC(C)=O)C(C(O)C(O)CO)O6)C(OC6(C(=O)O)CC(O)C(NC(C)=O)C(C(O)C(O)CO)O6)C5O)O4)C3NC(C)=O)C2O)C(O)C1O)C(O)C(O)CCCCCCCCCCCC(C)C. The van der Waals surface area contributed by atoms with Crippen LogP contribution >= 0.6 is 0 Å². The van der Waals surface area contributed by atoms with Gasteiger partial charge in [-0.3, -0.25) is 24.0 Å². The molecular formula is C97H171N5O48. The van der Waals surface area contributed by atoms with Gasteiger partial charge in [-0.1, -0.05) is 188 Å². The van der Waals surface area contributed by atoms with Crippen molar-refractivity contribution in [3.05, 3.63) is 0 Å². The van der Waals surface area contributed by atoms with Crippen LogP contribution < -0.4 is 26.6 Å². The van der Waals surface area contributed by atoms with Gasteiger partial charge in [0.15, 0.2) is 25.2 Å². The van der Waals surface area contributed by atoms with Gasteiger partial charge in [-0.25, -0.2) is 14.4 Å². The van der Waals surface area contributed by atoms with Crippen LogP contribution in [-0.2, 0) is 105 Å². The number of aliphatic hydroxyl groups is 23. The molecule has 31 N–H and O–H groups in total. The fourth-order valence-electron chi connectivity index (χ4n) is 20.1. The zero-order chi connectivity index (χ0) is 111. The van der Waals surface area contributed by atoms with Crippen molar-refractivity contribution in [2.45, 2.75) is 504 Å². The van der Waals surface area contributed by atoms with Crippen molar-refractivity contribution in [2.24, 2.45) is 5.92 Å². The fraction of sp³-hybridized carbons (Fsp3) is 0.918. The van der Waals surface area contributed by atoms with Gasteiger partial charge in [0, 0.05) is 53.4 Å². The second kappa shape index (κ2) is 64.4. The lowest BCUT2D eigenvalue weighted by Gasteiger charge is -2.53. The molecule has 53 nitrogen and oxygen atoms in total. The molecular weight excluding hydrogens is 2000 g/mol. The number of hydrogen-bond donors (Lipinski definition) is 31. The highest BCUT2D eigenvalue weighted by atomic mass is 16.8. The van der Waals surface area contributed by atoms with Gasteiger partial charge < -0.3 is 226 Å². The van der Waals surface area contributed by atoms with E-state index in [9.17, 15) is 171 Å². The van der Waals surface area contributed by atoms with Crippen molar-refractivity contribution in [3.63, 3.8) is 0 Å². The second-order valence-electron chi connectivity index (χ2n) is 40.9. The fourth-order valence-corrected chi connectivity index (χ4v) is 20.1. The molecule has 0 aromatic heterocycles. The number of aliphatic hydroxyl groups excluding tert-OH is 23. The van der Waals surface area contributed by atoms with Crippen molar-refractivity contribution in [2.75, 3.05) is 52.9 Å². The molecule has 0 bridgehead atoms. The second-order valence-corrected chi connectivity index (χ2v) is 40.9. The lowest BCUT2D eigenvalue weighted by atomic mass is 9.87. The average molecular weight is 2180 g/mol. The zero-order valence-electron chi connectivity index (χ0n) is 86.4. The number of aliphatic carboxylic acids is 3. The Labute approximate surface area is 870 Å². The third kappa shape index (κ3) is 36.9. The van der Waals surface area contributed by atoms with Crippen molar-refractivity contribution >= 4 is 47.4 Å². The molecule has 7 heterocycles. The van der Waals surface area contributed by atoms with E-state index in [1.165, 1.54) is 83.5 Å². The van der Waals surface area contributed by atoms with E-state index in [1.54, 1.807) is 0 Å². The van der Waals surface area contributed by atoms with Crippen LogP contribution in [0.3, 0.4) is 0 Å². The van der Waals surface area contributed by atoms with Crippen LogP contribution in [0.1, 0.15) is 254 Å². The van der Waals surface area contributed by atoms with Crippen molar-refractivity contribution in [1.29, 1.82) is 0 Å². The number of nitrogens with one attached hydrogen (secondary N) is 5. The van der Waals surface area contributed by atoms with Gasteiger partial charge in [0.2, 0.25) is 29.5 Å². The summed E-state index contributed by atoms with van der Waals surface area (Å²) in [5.41, 5.74) is 0. The summed E-state index contributed by atoms with van der Waals surface area (Å²) < 4.78 is 83.7. The topological polar surface area (TPSA) is 852 Å². The van der Waals surface area contributed by atoms with Gasteiger partial charge in [0.05, 0.1) is 101 Å². The molecule has 0 aromatic carbocycles. The predicted molar refractivity (Wildman–Crippen MR) is 512 cm³/mol. The van der Waals surface area contributed by atoms with Gasteiger partial charge in [0.25, 0.3) is 17.4 Å². The summed E-state index contributed by atoms with van der Waals surface area (Å²) in [4.78, 5) is 108. The minimum absolute atomic E-state index is 0.0439. The molecule has 5 amide bonds. The number of rotatable bonds is 68. The first-order valence-electron chi connectivity index (χ1n) is 52.6. The third-order valence-electron chi connectivity index (χ3n) is 28.5. The van der Waals surface area contributed by atoms with E-state index in [-0.39, 0.29) is 12.8 Å². The number of carbonyl (C=O) groups excluding carboxylic acids is 5. The summed E-state index contributed by atoms with van der Waals surface area (Å²) in [6.45, 7) is -0.0949. The number of unbranched alkanes of at least 4 members (excludes halogenated alkanes) is 24. The number of hydrogen-bond acceptors (Lipinski definition) is 45. The highest BCUT2D eigenvalue weighted by Crippen LogP contribution is 2.46. The van der Waals surface area contributed by atoms with E-state index in [1.807, 2.05) is 0 Å². The van der Waals surface area contributed by atoms with Crippen molar-refractivity contribution in [1.82, 2.24) is 26.6 Å². The van der Waals surface area contributed by atoms with Gasteiger partial charge in [-0.05, 0) is 18.8 Å². The van der Waals surface area contributed by atoms with Crippen LogP contribution in [0.5, 0.6) is 0 Å². The molecule has 7 aliphatic heterocycles. The largest absolute Gasteiger partial charge is 0.477 e. The first-order valence-corrected chi connectivity index (χ1v) is 52.6. The summed E-state index contributed by atoms with van der Waals surface area (Å²) in [5.74, 6) is -22.0. The maximum Gasteiger partial charge on any atom is 0.364 e. The minimum Gasteiger partial charge on any atom is -0.477 e. The molecule has 0 aromatic rings. The van der Waals surface area contributed by atoms with Crippen molar-refractivity contribution < 1.29 is 237 Å². The summed E-state index contributed by atoms with van der Waals surface area (Å²) in [5, 5.41) is 309. The number of ether oxygens (including phenoxy) is 14. The summed E-state index contributed by atoms with van der Waals surface area (Å²) in [6.07, 6.45) is -52.3. The quantitative estimate of drug-likeness (QED) is 0.0252. The molecule has 7 saturated heterocycles.